The molecular weight excluding hydrogens is 298 g/mol. The van der Waals surface area contributed by atoms with Crippen molar-refractivity contribution in [3.8, 4) is 5.75 Å². The molecule has 2 aromatic carbocycles. The molecule has 0 aliphatic rings. The Hall–Kier alpha value is -2.00. The second-order valence-electron chi connectivity index (χ2n) is 5.43. The minimum Gasteiger partial charge on any atom is -0.484 e. The first-order valence-corrected chi connectivity index (χ1v) is 7.52. The second-order valence-corrected chi connectivity index (χ2v) is 5.87. The van der Waals surface area contributed by atoms with Gasteiger partial charge in [-0.3, -0.25) is 4.79 Å². The van der Waals surface area contributed by atoms with E-state index in [0.29, 0.717) is 11.6 Å². The van der Waals surface area contributed by atoms with Crippen molar-refractivity contribution in [2.24, 2.45) is 0 Å². The average Bonchev–Trinajstić information content (AvgIpc) is 2.48. The maximum atomic E-state index is 12.1. The van der Waals surface area contributed by atoms with Crippen LogP contribution in [0.3, 0.4) is 0 Å². The Labute approximate surface area is 136 Å². The fourth-order valence-corrected chi connectivity index (χ4v) is 2.29. The third kappa shape index (κ3) is 4.50. The average molecular weight is 318 g/mol. The van der Waals surface area contributed by atoms with Gasteiger partial charge in [-0.2, -0.15) is 0 Å². The molecular formula is C18H20ClNO2. The first kappa shape index (κ1) is 16.4. The minimum absolute atomic E-state index is 0.0357. The van der Waals surface area contributed by atoms with Crippen molar-refractivity contribution >= 4 is 17.5 Å². The van der Waals surface area contributed by atoms with Gasteiger partial charge in [-0.1, -0.05) is 41.4 Å². The van der Waals surface area contributed by atoms with Gasteiger partial charge in [-0.15, -0.1) is 0 Å². The minimum atomic E-state index is -0.0603. The summed E-state index contributed by atoms with van der Waals surface area (Å²) in [6, 6.07) is 13.4. The van der Waals surface area contributed by atoms with Crippen LogP contribution in [0.5, 0.6) is 5.75 Å². The van der Waals surface area contributed by atoms with Gasteiger partial charge in [0, 0.05) is 18.6 Å². The maximum Gasteiger partial charge on any atom is 0.260 e. The van der Waals surface area contributed by atoms with Gasteiger partial charge in [-0.25, -0.2) is 0 Å². The highest BCUT2D eigenvalue weighted by molar-refractivity contribution is 6.30. The van der Waals surface area contributed by atoms with Gasteiger partial charge in [-0.05, 0) is 43.2 Å². The third-order valence-corrected chi connectivity index (χ3v) is 3.69. The molecule has 0 spiro atoms. The van der Waals surface area contributed by atoms with Crippen molar-refractivity contribution in [1.29, 1.82) is 0 Å². The number of nitrogens with zero attached hydrogens (tertiary/aromatic N) is 1. The number of hydrogen-bond donors (Lipinski definition) is 0. The Kier molecular flexibility index (Phi) is 5.45. The zero-order valence-corrected chi connectivity index (χ0v) is 13.9. The first-order valence-electron chi connectivity index (χ1n) is 7.14. The molecule has 0 aromatic heterocycles. The molecule has 0 atom stereocenters. The summed E-state index contributed by atoms with van der Waals surface area (Å²) in [6.45, 7) is 4.58. The molecule has 0 saturated heterocycles. The highest BCUT2D eigenvalue weighted by atomic mass is 35.5. The monoisotopic (exact) mass is 317 g/mol. The van der Waals surface area contributed by atoms with E-state index >= 15 is 0 Å². The Morgan fingerprint density at radius 1 is 1.14 bits per heavy atom. The number of benzene rings is 2. The van der Waals surface area contributed by atoms with Crippen LogP contribution in [-0.2, 0) is 11.3 Å². The van der Waals surface area contributed by atoms with Gasteiger partial charge in [0.25, 0.3) is 5.91 Å². The van der Waals surface area contributed by atoms with E-state index in [1.54, 1.807) is 11.9 Å². The van der Waals surface area contributed by atoms with Gasteiger partial charge in [0.15, 0.2) is 6.61 Å². The van der Waals surface area contributed by atoms with Gasteiger partial charge in [0.05, 0.1) is 0 Å². The summed E-state index contributed by atoms with van der Waals surface area (Å²) in [5.41, 5.74) is 3.25. The number of amides is 1. The summed E-state index contributed by atoms with van der Waals surface area (Å²) in [4.78, 5) is 13.8. The standard InChI is InChI=1S/C18H20ClNO2/c1-13-4-9-17(14(2)10-13)22-12-18(21)20(3)11-15-5-7-16(19)8-6-15/h4-10H,11-12H2,1-3H3. The van der Waals surface area contributed by atoms with Crippen LogP contribution in [0.25, 0.3) is 0 Å². The molecule has 0 aliphatic heterocycles. The lowest BCUT2D eigenvalue weighted by molar-refractivity contribution is -0.132. The Bertz CT molecular complexity index is 653. The molecule has 0 heterocycles. The summed E-state index contributed by atoms with van der Waals surface area (Å²) >= 11 is 5.85. The Morgan fingerprint density at radius 3 is 2.45 bits per heavy atom. The highest BCUT2D eigenvalue weighted by Crippen LogP contribution is 2.18. The van der Waals surface area contributed by atoms with E-state index in [0.717, 1.165) is 16.9 Å². The number of carbonyl (C=O) groups is 1. The molecule has 0 bridgehead atoms. The zero-order valence-electron chi connectivity index (χ0n) is 13.1. The van der Waals surface area contributed by atoms with E-state index in [4.69, 9.17) is 16.3 Å². The van der Waals surface area contributed by atoms with E-state index < -0.39 is 0 Å². The number of aryl methyl sites for hydroxylation is 2. The lowest BCUT2D eigenvalue weighted by Crippen LogP contribution is -2.31. The second kappa shape index (κ2) is 7.32. The fourth-order valence-electron chi connectivity index (χ4n) is 2.16. The Morgan fingerprint density at radius 2 is 1.82 bits per heavy atom. The number of rotatable bonds is 5. The summed E-state index contributed by atoms with van der Waals surface area (Å²) < 4.78 is 5.62. The Balaban J connectivity index is 1.89. The summed E-state index contributed by atoms with van der Waals surface area (Å²) in [5.74, 6) is 0.689. The molecule has 1 amide bonds. The van der Waals surface area contributed by atoms with Crippen LogP contribution in [0, 0.1) is 13.8 Å². The normalized spacial score (nSPS) is 10.4. The molecule has 0 saturated carbocycles. The van der Waals surface area contributed by atoms with Crippen LogP contribution in [-0.4, -0.2) is 24.5 Å². The summed E-state index contributed by atoms with van der Waals surface area (Å²) in [6.07, 6.45) is 0. The van der Waals surface area contributed by atoms with Crippen LogP contribution in [0.15, 0.2) is 42.5 Å². The molecule has 0 fully saturated rings. The first-order chi connectivity index (χ1) is 10.5. The third-order valence-electron chi connectivity index (χ3n) is 3.44. The number of likely N-dealkylation sites (N-methyl/N-ethyl adjacent to an activating group) is 1. The molecule has 0 N–H and O–H groups in total. The van der Waals surface area contributed by atoms with Crippen LogP contribution < -0.4 is 4.74 Å². The van der Waals surface area contributed by atoms with Gasteiger partial charge in [0.2, 0.25) is 0 Å². The number of carbonyl (C=O) groups excluding carboxylic acids is 1. The number of ether oxygens (including phenoxy) is 1. The van der Waals surface area contributed by atoms with Crippen LogP contribution in [0.1, 0.15) is 16.7 Å². The predicted molar refractivity (Wildman–Crippen MR) is 89.3 cm³/mol. The van der Waals surface area contributed by atoms with Crippen molar-refractivity contribution in [3.05, 3.63) is 64.2 Å². The number of halogens is 1. The van der Waals surface area contributed by atoms with Crippen LogP contribution in [0.2, 0.25) is 5.02 Å². The van der Waals surface area contributed by atoms with Crippen molar-refractivity contribution < 1.29 is 9.53 Å². The van der Waals surface area contributed by atoms with Crippen molar-refractivity contribution in [2.45, 2.75) is 20.4 Å². The number of hydrogen-bond acceptors (Lipinski definition) is 2. The molecule has 0 unspecified atom stereocenters. The molecule has 4 heteroatoms. The van der Waals surface area contributed by atoms with E-state index in [2.05, 4.69) is 0 Å². The van der Waals surface area contributed by atoms with Crippen molar-refractivity contribution in [3.63, 3.8) is 0 Å². The van der Waals surface area contributed by atoms with Crippen molar-refractivity contribution in [2.75, 3.05) is 13.7 Å². The SMILES string of the molecule is Cc1ccc(OCC(=O)N(C)Cc2ccc(Cl)cc2)c(C)c1. The van der Waals surface area contributed by atoms with E-state index in [-0.39, 0.29) is 12.5 Å². The van der Waals surface area contributed by atoms with Gasteiger partial charge >= 0.3 is 0 Å². The maximum absolute atomic E-state index is 12.1. The molecule has 2 rings (SSSR count). The molecule has 2 aromatic rings. The van der Waals surface area contributed by atoms with Crippen molar-refractivity contribution in [1.82, 2.24) is 4.90 Å². The largest absolute Gasteiger partial charge is 0.484 e. The predicted octanol–water partition coefficient (Wildman–Crippen LogP) is 3.99. The van der Waals surface area contributed by atoms with Gasteiger partial charge in [0.1, 0.15) is 5.75 Å². The summed E-state index contributed by atoms with van der Waals surface area (Å²) in [7, 11) is 1.77. The molecule has 3 nitrogen and oxygen atoms in total. The fraction of sp³-hybridized carbons (Fsp3) is 0.278. The molecule has 0 radical (unpaired) electrons. The van der Waals surface area contributed by atoms with E-state index in [1.165, 1.54) is 5.56 Å². The molecule has 22 heavy (non-hydrogen) atoms. The smallest absolute Gasteiger partial charge is 0.260 e. The topological polar surface area (TPSA) is 29.5 Å². The summed E-state index contributed by atoms with van der Waals surface area (Å²) in [5, 5.41) is 0.691. The lowest BCUT2D eigenvalue weighted by atomic mass is 10.1. The lowest BCUT2D eigenvalue weighted by Gasteiger charge is -2.18. The van der Waals surface area contributed by atoms with E-state index in [9.17, 15) is 4.79 Å². The zero-order chi connectivity index (χ0) is 16.1. The highest BCUT2D eigenvalue weighted by Gasteiger charge is 2.11. The van der Waals surface area contributed by atoms with E-state index in [1.807, 2.05) is 56.3 Å². The molecule has 0 aliphatic carbocycles. The van der Waals surface area contributed by atoms with Gasteiger partial charge < -0.3 is 9.64 Å². The molecule has 116 valence electrons. The quantitative estimate of drug-likeness (QED) is 0.834. The van der Waals surface area contributed by atoms with Crippen LogP contribution in [0.4, 0.5) is 0 Å². The van der Waals surface area contributed by atoms with Crippen LogP contribution >= 0.6 is 11.6 Å².